The van der Waals surface area contributed by atoms with Crippen LogP contribution in [0.4, 0.5) is 10.3 Å². The summed E-state index contributed by atoms with van der Waals surface area (Å²) in [6, 6.07) is 7.84. The van der Waals surface area contributed by atoms with Crippen LogP contribution in [0.5, 0.6) is 0 Å². The van der Waals surface area contributed by atoms with E-state index in [4.69, 9.17) is 9.15 Å². The first-order valence-corrected chi connectivity index (χ1v) is 7.97. The molecule has 1 aliphatic heterocycles. The van der Waals surface area contributed by atoms with Crippen LogP contribution in [0.1, 0.15) is 12.1 Å². The van der Waals surface area contributed by atoms with Crippen LogP contribution in [0.2, 0.25) is 0 Å². The molecule has 1 aliphatic rings. The molecular weight excluding hydrogens is 311 g/mol. The summed E-state index contributed by atoms with van der Waals surface area (Å²) in [5, 5.41) is 12.3. The van der Waals surface area contributed by atoms with Crippen molar-refractivity contribution in [1.29, 1.82) is 5.26 Å². The van der Waals surface area contributed by atoms with Gasteiger partial charge in [0.05, 0.1) is 13.2 Å². The molecule has 1 N–H and O–H groups in total. The highest BCUT2D eigenvalue weighted by molar-refractivity contribution is 5.58. The third-order valence-electron chi connectivity index (χ3n) is 3.86. The van der Waals surface area contributed by atoms with E-state index in [2.05, 4.69) is 15.2 Å². The average molecular weight is 330 g/mol. The Morgan fingerprint density at radius 2 is 2.00 bits per heavy atom. The summed E-state index contributed by atoms with van der Waals surface area (Å²) in [6.07, 6.45) is 0.928. The van der Waals surface area contributed by atoms with Crippen LogP contribution in [0, 0.1) is 17.1 Å². The second-order valence-electron chi connectivity index (χ2n) is 5.55. The third-order valence-corrected chi connectivity index (χ3v) is 3.86. The van der Waals surface area contributed by atoms with Crippen molar-refractivity contribution in [3.63, 3.8) is 0 Å². The average Bonchev–Trinajstić information content (AvgIpc) is 3.03. The smallest absolute Gasteiger partial charge is 0.232 e. The van der Waals surface area contributed by atoms with Gasteiger partial charge < -0.3 is 14.5 Å². The van der Waals surface area contributed by atoms with Crippen molar-refractivity contribution in [2.45, 2.75) is 6.42 Å². The number of halogens is 1. The molecule has 0 saturated carbocycles. The van der Waals surface area contributed by atoms with Crippen LogP contribution < -0.4 is 5.32 Å². The zero-order valence-electron chi connectivity index (χ0n) is 13.3. The number of ether oxygens (including phenoxy) is 1. The predicted molar refractivity (Wildman–Crippen MR) is 87.0 cm³/mol. The van der Waals surface area contributed by atoms with Crippen molar-refractivity contribution in [1.82, 2.24) is 9.88 Å². The van der Waals surface area contributed by atoms with Gasteiger partial charge in [-0.15, -0.1) is 0 Å². The lowest BCUT2D eigenvalue weighted by Gasteiger charge is -2.26. The van der Waals surface area contributed by atoms with Crippen molar-refractivity contribution >= 4 is 5.88 Å². The quantitative estimate of drug-likeness (QED) is 0.820. The summed E-state index contributed by atoms with van der Waals surface area (Å²) in [4.78, 5) is 6.51. The molecular formula is C17H19FN4O2. The van der Waals surface area contributed by atoms with Crippen molar-refractivity contribution < 1.29 is 13.5 Å². The molecule has 6 nitrogen and oxygen atoms in total. The van der Waals surface area contributed by atoms with Gasteiger partial charge in [-0.1, -0.05) is 0 Å². The number of aromatic nitrogens is 1. The van der Waals surface area contributed by atoms with Crippen LogP contribution in [0.3, 0.4) is 0 Å². The third kappa shape index (κ3) is 4.10. The van der Waals surface area contributed by atoms with Crippen molar-refractivity contribution in [3.05, 3.63) is 35.8 Å². The van der Waals surface area contributed by atoms with Crippen molar-refractivity contribution in [2.24, 2.45) is 0 Å². The number of anilines is 1. The summed E-state index contributed by atoms with van der Waals surface area (Å²) in [6.45, 7) is 5.15. The van der Waals surface area contributed by atoms with Gasteiger partial charge >= 0.3 is 0 Å². The van der Waals surface area contributed by atoms with Gasteiger partial charge in [-0.25, -0.2) is 4.39 Å². The summed E-state index contributed by atoms with van der Waals surface area (Å²) < 4.78 is 23.9. The number of morpholine rings is 1. The van der Waals surface area contributed by atoms with E-state index in [1.807, 2.05) is 6.07 Å². The first-order valence-electron chi connectivity index (χ1n) is 7.97. The van der Waals surface area contributed by atoms with Crippen LogP contribution in [-0.2, 0) is 4.74 Å². The van der Waals surface area contributed by atoms with E-state index in [1.165, 1.54) is 12.1 Å². The summed E-state index contributed by atoms with van der Waals surface area (Å²) in [5.74, 6) is 0.341. The number of hydrogen-bond donors (Lipinski definition) is 1. The molecule has 2 heterocycles. The molecule has 0 bridgehead atoms. The Labute approximate surface area is 139 Å². The molecule has 1 aromatic heterocycles. The summed E-state index contributed by atoms with van der Waals surface area (Å²) in [7, 11) is 0. The Balaban J connectivity index is 1.57. The molecule has 1 aromatic carbocycles. The Morgan fingerprint density at radius 3 is 2.71 bits per heavy atom. The van der Waals surface area contributed by atoms with E-state index >= 15 is 0 Å². The first kappa shape index (κ1) is 16.4. The number of nitrogens with one attached hydrogen (secondary N) is 1. The zero-order valence-corrected chi connectivity index (χ0v) is 13.3. The van der Waals surface area contributed by atoms with Crippen LogP contribution in [0.15, 0.2) is 28.7 Å². The van der Waals surface area contributed by atoms with Gasteiger partial charge in [0, 0.05) is 25.2 Å². The number of nitriles is 1. The molecule has 1 fully saturated rings. The standard InChI is InChI=1S/C17H19FN4O2/c18-14-4-2-13(3-5-14)16-21-15(12-19)17(24-16)20-6-1-7-22-8-10-23-11-9-22/h2-5,20H,1,6-11H2. The van der Waals surface area contributed by atoms with Crippen molar-refractivity contribution in [3.8, 4) is 17.5 Å². The van der Waals surface area contributed by atoms with E-state index in [-0.39, 0.29) is 11.5 Å². The fraction of sp³-hybridized carbons (Fsp3) is 0.412. The molecule has 0 aliphatic carbocycles. The van der Waals surface area contributed by atoms with Gasteiger partial charge in [-0.2, -0.15) is 10.2 Å². The maximum Gasteiger partial charge on any atom is 0.232 e. The monoisotopic (exact) mass is 330 g/mol. The second kappa shape index (κ2) is 7.90. The van der Waals surface area contributed by atoms with Gasteiger partial charge in [0.1, 0.15) is 11.9 Å². The van der Waals surface area contributed by atoms with E-state index in [1.54, 1.807) is 12.1 Å². The summed E-state index contributed by atoms with van der Waals surface area (Å²) >= 11 is 0. The minimum Gasteiger partial charge on any atom is -0.419 e. The SMILES string of the molecule is N#Cc1nc(-c2ccc(F)cc2)oc1NCCCN1CCOCC1. The Bertz CT molecular complexity index is 702. The minimum absolute atomic E-state index is 0.209. The number of benzene rings is 1. The zero-order chi connectivity index (χ0) is 16.8. The highest BCUT2D eigenvalue weighted by Gasteiger charge is 2.15. The molecule has 1 saturated heterocycles. The van der Waals surface area contributed by atoms with Crippen LogP contribution >= 0.6 is 0 Å². The fourth-order valence-corrected chi connectivity index (χ4v) is 2.56. The van der Waals surface area contributed by atoms with Gasteiger partial charge in [0.25, 0.3) is 0 Å². The molecule has 7 heteroatoms. The Hall–Kier alpha value is -2.43. The van der Waals surface area contributed by atoms with Crippen LogP contribution in [-0.4, -0.2) is 49.3 Å². The molecule has 3 rings (SSSR count). The van der Waals surface area contributed by atoms with Crippen LogP contribution in [0.25, 0.3) is 11.5 Å². The van der Waals surface area contributed by atoms with E-state index in [0.717, 1.165) is 39.3 Å². The van der Waals surface area contributed by atoms with Crippen molar-refractivity contribution in [2.75, 3.05) is 44.7 Å². The second-order valence-corrected chi connectivity index (χ2v) is 5.55. The molecule has 0 spiro atoms. The highest BCUT2D eigenvalue weighted by atomic mass is 19.1. The van der Waals surface area contributed by atoms with Gasteiger partial charge in [0.15, 0.2) is 0 Å². The summed E-state index contributed by atoms with van der Waals surface area (Å²) in [5.41, 5.74) is 0.843. The molecule has 0 amide bonds. The number of rotatable bonds is 6. The number of hydrogen-bond acceptors (Lipinski definition) is 6. The normalized spacial score (nSPS) is 15.2. The molecule has 0 radical (unpaired) electrons. The maximum atomic E-state index is 13.0. The van der Waals surface area contributed by atoms with E-state index in [0.29, 0.717) is 23.9 Å². The minimum atomic E-state index is -0.327. The molecule has 24 heavy (non-hydrogen) atoms. The highest BCUT2D eigenvalue weighted by Crippen LogP contribution is 2.25. The van der Waals surface area contributed by atoms with E-state index < -0.39 is 0 Å². The Kier molecular flexibility index (Phi) is 5.41. The maximum absolute atomic E-state index is 13.0. The lowest BCUT2D eigenvalue weighted by molar-refractivity contribution is 0.0378. The van der Waals surface area contributed by atoms with Gasteiger partial charge in [-0.05, 0) is 37.2 Å². The fourth-order valence-electron chi connectivity index (χ4n) is 2.56. The molecule has 2 aromatic rings. The first-order chi connectivity index (χ1) is 11.8. The Morgan fingerprint density at radius 1 is 1.25 bits per heavy atom. The molecule has 0 atom stereocenters. The number of nitrogens with zero attached hydrogens (tertiary/aromatic N) is 3. The lowest BCUT2D eigenvalue weighted by Crippen LogP contribution is -2.37. The van der Waals surface area contributed by atoms with Gasteiger partial charge in [-0.3, -0.25) is 4.90 Å². The van der Waals surface area contributed by atoms with E-state index in [9.17, 15) is 9.65 Å². The van der Waals surface area contributed by atoms with Gasteiger partial charge in [0.2, 0.25) is 17.5 Å². The topological polar surface area (TPSA) is 74.3 Å². The lowest BCUT2D eigenvalue weighted by atomic mass is 10.2. The predicted octanol–water partition coefficient (Wildman–Crippen LogP) is 2.49. The largest absolute Gasteiger partial charge is 0.419 e. The molecule has 126 valence electrons. The number of oxazole rings is 1. The molecule has 0 unspecified atom stereocenters.